The van der Waals surface area contributed by atoms with E-state index in [-0.39, 0.29) is 0 Å². The first-order valence-electron chi connectivity index (χ1n) is 7.18. The second-order valence-corrected chi connectivity index (χ2v) is 5.22. The van der Waals surface area contributed by atoms with E-state index in [1.54, 1.807) is 0 Å². The molecular formula is C13H20N6O. The van der Waals surface area contributed by atoms with E-state index in [4.69, 9.17) is 4.74 Å². The third-order valence-corrected chi connectivity index (χ3v) is 3.75. The van der Waals surface area contributed by atoms with Crippen LogP contribution in [0.5, 0.6) is 0 Å². The first-order chi connectivity index (χ1) is 9.85. The van der Waals surface area contributed by atoms with Gasteiger partial charge in [0.05, 0.1) is 18.6 Å². The van der Waals surface area contributed by atoms with Crippen LogP contribution in [0, 0.1) is 5.92 Å². The van der Waals surface area contributed by atoms with Gasteiger partial charge in [-0.15, -0.1) is 5.10 Å². The van der Waals surface area contributed by atoms with Crippen molar-refractivity contribution in [3.05, 3.63) is 24.0 Å². The molecule has 0 spiro atoms. The molecule has 3 rings (SSSR count). The van der Waals surface area contributed by atoms with Gasteiger partial charge in [0, 0.05) is 26.0 Å². The summed E-state index contributed by atoms with van der Waals surface area (Å²) in [5, 5.41) is 12.1. The molecule has 108 valence electrons. The largest absolute Gasteiger partial charge is 0.381 e. The summed E-state index contributed by atoms with van der Waals surface area (Å²) in [5.41, 5.74) is 1.09. The van der Waals surface area contributed by atoms with Gasteiger partial charge in [0.15, 0.2) is 5.82 Å². The van der Waals surface area contributed by atoms with Crippen LogP contribution in [0.4, 0.5) is 0 Å². The Morgan fingerprint density at radius 3 is 2.95 bits per heavy atom. The normalized spacial score (nSPS) is 16.6. The van der Waals surface area contributed by atoms with E-state index in [1.807, 2.05) is 21.8 Å². The first-order valence-corrected chi connectivity index (χ1v) is 7.18. The van der Waals surface area contributed by atoms with Crippen molar-refractivity contribution >= 4 is 0 Å². The van der Waals surface area contributed by atoms with Crippen LogP contribution in [0.2, 0.25) is 0 Å². The molecule has 20 heavy (non-hydrogen) atoms. The van der Waals surface area contributed by atoms with Crippen molar-refractivity contribution in [2.75, 3.05) is 13.2 Å². The highest BCUT2D eigenvalue weighted by molar-refractivity contribution is 4.98. The van der Waals surface area contributed by atoms with Crippen molar-refractivity contribution in [2.45, 2.75) is 39.3 Å². The van der Waals surface area contributed by atoms with Crippen LogP contribution in [0.25, 0.3) is 0 Å². The van der Waals surface area contributed by atoms with Crippen LogP contribution in [-0.4, -0.2) is 43.0 Å². The van der Waals surface area contributed by atoms with Gasteiger partial charge in [-0.25, -0.2) is 9.67 Å². The van der Waals surface area contributed by atoms with Crippen LogP contribution in [-0.2, 0) is 24.2 Å². The maximum Gasteiger partial charge on any atom is 0.171 e. The minimum absolute atomic E-state index is 0.611. The topological polar surface area (TPSA) is 70.7 Å². The van der Waals surface area contributed by atoms with Gasteiger partial charge in [-0.3, -0.25) is 0 Å². The molecule has 1 saturated heterocycles. The van der Waals surface area contributed by atoms with Crippen LogP contribution < -0.4 is 0 Å². The molecule has 7 heteroatoms. The van der Waals surface area contributed by atoms with Crippen LogP contribution in [0.15, 0.2) is 12.5 Å². The summed E-state index contributed by atoms with van der Waals surface area (Å²) in [4.78, 5) is 4.33. The average molecular weight is 276 g/mol. The third kappa shape index (κ3) is 3.04. The van der Waals surface area contributed by atoms with Crippen molar-refractivity contribution in [3.8, 4) is 0 Å². The van der Waals surface area contributed by atoms with E-state index in [0.29, 0.717) is 12.5 Å². The number of hydrogen-bond acceptors (Lipinski definition) is 5. The Hall–Kier alpha value is -1.76. The fourth-order valence-electron chi connectivity index (χ4n) is 2.49. The number of hydrogen-bond donors (Lipinski definition) is 0. The predicted molar refractivity (Wildman–Crippen MR) is 72.1 cm³/mol. The van der Waals surface area contributed by atoms with E-state index in [9.17, 15) is 0 Å². The molecule has 0 unspecified atom stereocenters. The summed E-state index contributed by atoms with van der Waals surface area (Å²) in [7, 11) is 0. The van der Waals surface area contributed by atoms with Crippen LogP contribution >= 0.6 is 0 Å². The van der Waals surface area contributed by atoms with E-state index in [0.717, 1.165) is 50.5 Å². The fraction of sp³-hybridized carbons (Fsp3) is 0.692. The molecule has 3 heterocycles. The lowest BCUT2D eigenvalue weighted by molar-refractivity contribution is 0.0596. The molecule has 0 aromatic carbocycles. The van der Waals surface area contributed by atoms with Gasteiger partial charge < -0.3 is 9.30 Å². The Bertz CT molecular complexity index is 543. The van der Waals surface area contributed by atoms with Crippen molar-refractivity contribution in [1.29, 1.82) is 0 Å². The minimum atomic E-state index is 0.611. The monoisotopic (exact) mass is 276 g/mol. The number of nitrogens with zero attached hydrogens (tertiary/aromatic N) is 6. The number of aromatic nitrogens is 6. The maximum atomic E-state index is 5.39. The molecule has 0 amide bonds. The maximum absolute atomic E-state index is 5.39. The van der Waals surface area contributed by atoms with Gasteiger partial charge in [0.25, 0.3) is 0 Å². The Labute approximate surface area is 118 Å². The Morgan fingerprint density at radius 1 is 1.35 bits per heavy atom. The van der Waals surface area contributed by atoms with Gasteiger partial charge in [0.1, 0.15) is 0 Å². The van der Waals surface area contributed by atoms with E-state index >= 15 is 0 Å². The molecule has 0 N–H and O–H groups in total. The van der Waals surface area contributed by atoms with Gasteiger partial charge in [0.2, 0.25) is 0 Å². The quantitative estimate of drug-likeness (QED) is 0.811. The Kier molecular flexibility index (Phi) is 4.05. The minimum Gasteiger partial charge on any atom is -0.381 e. The van der Waals surface area contributed by atoms with E-state index in [1.165, 1.54) is 0 Å². The Balaban J connectivity index is 1.66. The van der Waals surface area contributed by atoms with Gasteiger partial charge >= 0.3 is 0 Å². The third-order valence-electron chi connectivity index (χ3n) is 3.75. The standard InChI is InChI=1S/C13H20N6O/c1-2-12-8-18(10-14-12)9-13-15-16-17-19(13)7-11-3-5-20-6-4-11/h8,10-11H,2-7,9H2,1H3. The molecule has 7 nitrogen and oxygen atoms in total. The van der Waals surface area contributed by atoms with Gasteiger partial charge in [-0.2, -0.15) is 0 Å². The lowest BCUT2D eigenvalue weighted by Crippen LogP contribution is -2.22. The molecule has 0 aliphatic carbocycles. The lowest BCUT2D eigenvalue weighted by atomic mass is 10.0. The van der Waals surface area contributed by atoms with Gasteiger partial charge in [-0.1, -0.05) is 6.92 Å². The number of rotatable bonds is 5. The van der Waals surface area contributed by atoms with E-state index < -0.39 is 0 Å². The summed E-state index contributed by atoms with van der Waals surface area (Å²) < 4.78 is 9.34. The summed E-state index contributed by atoms with van der Waals surface area (Å²) in [6, 6.07) is 0. The molecule has 1 aliphatic rings. The lowest BCUT2D eigenvalue weighted by Gasteiger charge is -2.21. The molecule has 0 atom stereocenters. The molecule has 1 aliphatic heterocycles. The zero-order valence-corrected chi connectivity index (χ0v) is 11.8. The highest BCUT2D eigenvalue weighted by Gasteiger charge is 2.17. The first kappa shape index (κ1) is 13.2. The molecule has 2 aromatic heterocycles. The zero-order chi connectivity index (χ0) is 13.8. The molecule has 2 aromatic rings. The predicted octanol–water partition coefficient (Wildman–Crippen LogP) is 0.907. The Morgan fingerprint density at radius 2 is 2.20 bits per heavy atom. The highest BCUT2D eigenvalue weighted by atomic mass is 16.5. The van der Waals surface area contributed by atoms with E-state index in [2.05, 4.69) is 27.4 Å². The summed E-state index contributed by atoms with van der Waals surface area (Å²) in [6.45, 7) is 5.35. The van der Waals surface area contributed by atoms with Crippen LogP contribution in [0.3, 0.4) is 0 Å². The van der Waals surface area contributed by atoms with Crippen LogP contribution in [0.1, 0.15) is 31.3 Å². The summed E-state index contributed by atoms with van der Waals surface area (Å²) in [6.07, 6.45) is 7.01. The number of imidazole rings is 1. The number of aryl methyl sites for hydroxylation is 1. The van der Waals surface area contributed by atoms with Gasteiger partial charge in [-0.05, 0) is 35.6 Å². The highest BCUT2D eigenvalue weighted by Crippen LogP contribution is 2.17. The summed E-state index contributed by atoms with van der Waals surface area (Å²) >= 11 is 0. The fourth-order valence-corrected chi connectivity index (χ4v) is 2.49. The molecule has 0 saturated carbocycles. The molecule has 0 radical (unpaired) electrons. The van der Waals surface area contributed by atoms with Crippen molar-refractivity contribution in [3.63, 3.8) is 0 Å². The summed E-state index contributed by atoms with van der Waals surface area (Å²) in [5.74, 6) is 1.50. The zero-order valence-electron chi connectivity index (χ0n) is 11.8. The molecular weight excluding hydrogens is 256 g/mol. The average Bonchev–Trinajstić information content (AvgIpc) is 3.10. The molecule has 1 fully saturated rings. The van der Waals surface area contributed by atoms with Crippen molar-refractivity contribution in [1.82, 2.24) is 29.8 Å². The number of tetrazole rings is 1. The molecule has 0 bridgehead atoms. The second-order valence-electron chi connectivity index (χ2n) is 5.22. The SMILES string of the molecule is CCc1cn(Cc2nnnn2CC2CCOCC2)cn1. The smallest absolute Gasteiger partial charge is 0.171 e. The van der Waals surface area contributed by atoms with Crippen molar-refractivity contribution in [2.24, 2.45) is 5.92 Å². The second kappa shape index (κ2) is 6.13. The van der Waals surface area contributed by atoms with Crippen molar-refractivity contribution < 1.29 is 4.74 Å². The number of ether oxygens (including phenoxy) is 1.